The first-order valence-corrected chi connectivity index (χ1v) is 5.61. The van der Waals surface area contributed by atoms with Gasteiger partial charge < -0.3 is 14.8 Å². The van der Waals surface area contributed by atoms with Crippen molar-refractivity contribution in [3.8, 4) is 0 Å². The van der Waals surface area contributed by atoms with E-state index in [4.69, 9.17) is 0 Å². The van der Waals surface area contributed by atoms with Gasteiger partial charge in [-0.25, -0.2) is 0 Å². The third-order valence-electron chi connectivity index (χ3n) is 2.40. The average Bonchev–Trinajstić information content (AvgIpc) is 2.58. The van der Waals surface area contributed by atoms with Gasteiger partial charge in [0.2, 0.25) is 0 Å². The minimum atomic E-state index is 0.544. The molecule has 0 saturated carbocycles. The maximum absolute atomic E-state index is 3.44. The summed E-state index contributed by atoms with van der Waals surface area (Å²) in [5.41, 5.74) is 1.37. The molecule has 0 unspecified atom stereocenters. The highest BCUT2D eigenvalue weighted by Gasteiger charge is 2.01. The van der Waals surface area contributed by atoms with Gasteiger partial charge in [0.15, 0.2) is 0 Å². The summed E-state index contributed by atoms with van der Waals surface area (Å²) in [6.45, 7) is 7.46. The summed E-state index contributed by atoms with van der Waals surface area (Å²) < 4.78 is 2.31. The number of nitrogens with one attached hydrogen (secondary N) is 1. The summed E-state index contributed by atoms with van der Waals surface area (Å²) in [6, 6.07) is 4.85. The van der Waals surface area contributed by atoms with Crippen LogP contribution in [0.1, 0.15) is 19.5 Å². The number of aromatic nitrogens is 1. The molecule has 0 spiro atoms. The van der Waals surface area contributed by atoms with Crippen LogP contribution in [0.25, 0.3) is 0 Å². The Balaban J connectivity index is 2.46. The fraction of sp³-hybridized carbons (Fsp3) is 0.667. The van der Waals surface area contributed by atoms with Crippen LogP contribution in [0.2, 0.25) is 0 Å². The zero-order chi connectivity index (χ0) is 11.3. The summed E-state index contributed by atoms with van der Waals surface area (Å²) in [5.74, 6) is 0. The van der Waals surface area contributed by atoms with E-state index in [-0.39, 0.29) is 0 Å². The first kappa shape index (κ1) is 12.3. The molecule has 0 aliphatic heterocycles. The van der Waals surface area contributed by atoms with Crippen molar-refractivity contribution in [1.29, 1.82) is 0 Å². The summed E-state index contributed by atoms with van der Waals surface area (Å²) in [4.78, 5) is 2.21. The fourth-order valence-electron chi connectivity index (χ4n) is 1.44. The molecule has 1 aromatic heterocycles. The minimum Gasteiger partial charge on any atom is -0.349 e. The SMILES string of the molecule is CC(C)NCc1cccn1CCN(C)C. The largest absolute Gasteiger partial charge is 0.349 e. The molecular weight excluding hydrogens is 186 g/mol. The summed E-state index contributed by atoms with van der Waals surface area (Å²) >= 11 is 0. The Hall–Kier alpha value is -0.800. The molecule has 15 heavy (non-hydrogen) atoms. The highest BCUT2D eigenvalue weighted by Crippen LogP contribution is 2.02. The third-order valence-corrected chi connectivity index (χ3v) is 2.40. The molecule has 0 aromatic carbocycles. The van der Waals surface area contributed by atoms with Gasteiger partial charge in [0.25, 0.3) is 0 Å². The van der Waals surface area contributed by atoms with Crippen molar-refractivity contribution >= 4 is 0 Å². The van der Waals surface area contributed by atoms with Crippen LogP contribution in [0.15, 0.2) is 18.3 Å². The average molecular weight is 209 g/mol. The van der Waals surface area contributed by atoms with E-state index in [1.54, 1.807) is 0 Å². The minimum absolute atomic E-state index is 0.544. The molecule has 0 atom stereocenters. The van der Waals surface area contributed by atoms with E-state index < -0.39 is 0 Å². The van der Waals surface area contributed by atoms with Crippen LogP contribution in [-0.4, -0.2) is 36.1 Å². The summed E-state index contributed by atoms with van der Waals surface area (Å²) in [7, 11) is 4.21. The normalized spacial score (nSPS) is 11.6. The standard InChI is InChI=1S/C12H23N3/c1-11(2)13-10-12-6-5-7-15(12)9-8-14(3)4/h5-7,11,13H,8-10H2,1-4H3. The van der Waals surface area contributed by atoms with Crippen molar-refractivity contribution < 1.29 is 0 Å². The number of hydrogen-bond donors (Lipinski definition) is 1. The number of nitrogens with zero attached hydrogens (tertiary/aromatic N) is 2. The number of hydrogen-bond acceptors (Lipinski definition) is 2. The van der Waals surface area contributed by atoms with Crippen LogP contribution in [0.4, 0.5) is 0 Å². The second kappa shape index (κ2) is 5.93. The molecule has 0 saturated heterocycles. The van der Waals surface area contributed by atoms with Crippen molar-refractivity contribution in [1.82, 2.24) is 14.8 Å². The Bertz CT molecular complexity index is 250. The maximum Gasteiger partial charge on any atom is 0.0361 e. The molecule has 1 aromatic rings. The van der Waals surface area contributed by atoms with E-state index in [0.29, 0.717) is 6.04 Å². The topological polar surface area (TPSA) is 20.2 Å². The molecule has 0 aliphatic rings. The van der Waals surface area contributed by atoms with Crippen LogP contribution < -0.4 is 5.32 Å². The number of likely N-dealkylation sites (N-methyl/N-ethyl adjacent to an activating group) is 1. The molecule has 1 N–H and O–H groups in total. The summed E-state index contributed by atoms with van der Waals surface area (Å²) in [6.07, 6.45) is 2.15. The monoisotopic (exact) mass is 209 g/mol. The predicted molar refractivity (Wildman–Crippen MR) is 65.0 cm³/mol. The van der Waals surface area contributed by atoms with E-state index in [0.717, 1.165) is 19.6 Å². The lowest BCUT2D eigenvalue weighted by Gasteiger charge is -2.14. The lowest BCUT2D eigenvalue weighted by molar-refractivity contribution is 0.379. The first-order valence-electron chi connectivity index (χ1n) is 5.61. The molecule has 0 amide bonds. The molecule has 3 heteroatoms. The van der Waals surface area contributed by atoms with Crippen molar-refractivity contribution in [2.24, 2.45) is 0 Å². The van der Waals surface area contributed by atoms with E-state index >= 15 is 0 Å². The predicted octanol–water partition coefficient (Wildman–Crippen LogP) is 1.55. The third kappa shape index (κ3) is 4.49. The van der Waals surface area contributed by atoms with E-state index in [9.17, 15) is 0 Å². The van der Waals surface area contributed by atoms with Gasteiger partial charge in [-0.05, 0) is 26.2 Å². The molecule has 1 rings (SSSR count). The summed E-state index contributed by atoms with van der Waals surface area (Å²) in [5, 5.41) is 3.44. The van der Waals surface area contributed by atoms with Gasteiger partial charge in [0, 0.05) is 37.6 Å². The molecule has 86 valence electrons. The lowest BCUT2D eigenvalue weighted by atomic mass is 10.3. The number of rotatable bonds is 6. The van der Waals surface area contributed by atoms with Gasteiger partial charge in [0.1, 0.15) is 0 Å². The molecule has 3 nitrogen and oxygen atoms in total. The van der Waals surface area contributed by atoms with Crippen LogP contribution in [0.5, 0.6) is 0 Å². The molecule has 0 fully saturated rings. The van der Waals surface area contributed by atoms with E-state index in [1.165, 1.54) is 5.69 Å². The Morgan fingerprint density at radius 2 is 2.13 bits per heavy atom. The van der Waals surface area contributed by atoms with Crippen LogP contribution in [0, 0.1) is 0 Å². The van der Waals surface area contributed by atoms with Gasteiger partial charge >= 0.3 is 0 Å². The molecule has 0 radical (unpaired) electrons. The zero-order valence-corrected chi connectivity index (χ0v) is 10.3. The van der Waals surface area contributed by atoms with Crippen LogP contribution >= 0.6 is 0 Å². The first-order chi connectivity index (χ1) is 7.09. The Labute approximate surface area is 93.1 Å². The highest BCUT2D eigenvalue weighted by atomic mass is 15.1. The second-order valence-electron chi connectivity index (χ2n) is 4.53. The van der Waals surface area contributed by atoms with Gasteiger partial charge in [-0.15, -0.1) is 0 Å². The van der Waals surface area contributed by atoms with Crippen molar-refractivity contribution in [2.45, 2.75) is 33.0 Å². The van der Waals surface area contributed by atoms with Crippen molar-refractivity contribution in [3.63, 3.8) is 0 Å². The Morgan fingerprint density at radius 1 is 1.40 bits per heavy atom. The molecule has 0 aliphatic carbocycles. The molecule has 1 heterocycles. The Kier molecular flexibility index (Phi) is 4.85. The quantitative estimate of drug-likeness (QED) is 0.767. The van der Waals surface area contributed by atoms with Crippen molar-refractivity contribution in [2.75, 3.05) is 20.6 Å². The van der Waals surface area contributed by atoms with Crippen LogP contribution in [0.3, 0.4) is 0 Å². The molecule has 0 bridgehead atoms. The van der Waals surface area contributed by atoms with E-state index in [2.05, 4.69) is 61.1 Å². The smallest absolute Gasteiger partial charge is 0.0361 e. The zero-order valence-electron chi connectivity index (χ0n) is 10.3. The fourth-order valence-corrected chi connectivity index (χ4v) is 1.44. The van der Waals surface area contributed by atoms with Gasteiger partial charge in [0.05, 0.1) is 0 Å². The van der Waals surface area contributed by atoms with Crippen molar-refractivity contribution in [3.05, 3.63) is 24.0 Å². The maximum atomic E-state index is 3.44. The van der Waals surface area contributed by atoms with Crippen LogP contribution in [-0.2, 0) is 13.1 Å². The van der Waals surface area contributed by atoms with Gasteiger partial charge in [-0.1, -0.05) is 13.8 Å². The molecular formula is C12H23N3. The lowest BCUT2D eigenvalue weighted by Crippen LogP contribution is -2.25. The van der Waals surface area contributed by atoms with E-state index in [1.807, 2.05) is 0 Å². The highest BCUT2D eigenvalue weighted by molar-refractivity contribution is 5.07. The van der Waals surface area contributed by atoms with Gasteiger partial charge in [-0.3, -0.25) is 0 Å². The van der Waals surface area contributed by atoms with Gasteiger partial charge in [-0.2, -0.15) is 0 Å². The Morgan fingerprint density at radius 3 is 2.73 bits per heavy atom. The second-order valence-corrected chi connectivity index (χ2v) is 4.53.